The lowest BCUT2D eigenvalue weighted by Crippen LogP contribution is -2.41. The van der Waals surface area contributed by atoms with Crippen LogP contribution in [0, 0.1) is 0 Å². The lowest BCUT2D eigenvalue weighted by atomic mass is 10.0. The van der Waals surface area contributed by atoms with E-state index in [1.165, 1.54) is 0 Å². The van der Waals surface area contributed by atoms with E-state index in [0.717, 1.165) is 46.3 Å². The Morgan fingerprint density at radius 3 is 2.93 bits per heavy atom. The van der Waals surface area contributed by atoms with E-state index in [9.17, 15) is 9.90 Å². The molecule has 0 bridgehead atoms. The Labute approximate surface area is 168 Å². The summed E-state index contributed by atoms with van der Waals surface area (Å²) in [5.41, 5.74) is 1.79. The maximum atomic E-state index is 12.9. The molecule has 1 amide bonds. The summed E-state index contributed by atoms with van der Waals surface area (Å²) in [6, 6.07) is 9.74. The number of rotatable bonds is 7. The Bertz CT molecular complexity index is 780. The number of ether oxygens (including phenoxy) is 1. The molecule has 2 aromatic rings. The molecule has 0 saturated carbocycles. The number of anilines is 1. The average Bonchev–Trinajstić information content (AvgIpc) is 3.12. The second-order valence-electron chi connectivity index (χ2n) is 6.64. The minimum atomic E-state index is 0.0738. The largest absolute Gasteiger partial charge is 0.497 e. The monoisotopic (exact) mass is 408 g/mol. The van der Waals surface area contributed by atoms with Gasteiger partial charge in [-0.1, -0.05) is 11.6 Å². The quantitative estimate of drug-likeness (QED) is 0.723. The number of carbonyl (C=O) groups is 1. The van der Waals surface area contributed by atoms with Crippen LogP contribution < -0.4 is 10.1 Å². The third-order valence-electron chi connectivity index (χ3n) is 4.79. The number of halogens is 1. The Hall–Kier alpha value is -1.76. The molecule has 3 rings (SSSR count). The number of likely N-dealkylation sites (tertiary alicyclic amines) is 1. The van der Waals surface area contributed by atoms with Crippen molar-refractivity contribution in [2.24, 2.45) is 0 Å². The molecule has 146 valence electrons. The van der Waals surface area contributed by atoms with Crippen molar-refractivity contribution in [3.8, 4) is 5.75 Å². The Morgan fingerprint density at radius 1 is 1.37 bits per heavy atom. The van der Waals surface area contributed by atoms with Gasteiger partial charge in [-0.25, -0.2) is 0 Å². The summed E-state index contributed by atoms with van der Waals surface area (Å²) in [7, 11) is 1.61. The predicted molar refractivity (Wildman–Crippen MR) is 110 cm³/mol. The smallest absolute Gasteiger partial charge is 0.242 e. The van der Waals surface area contributed by atoms with Gasteiger partial charge in [-0.15, -0.1) is 11.3 Å². The fraction of sp³-hybridized carbons (Fsp3) is 0.450. The topological polar surface area (TPSA) is 61.8 Å². The van der Waals surface area contributed by atoms with E-state index in [1.807, 2.05) is 35.2 Å². The summed E-state index contributed by atoms with van der Waals surface area (Å²) >= 11 is 7.64. The molecule has 2 heterocycles. The number of aliphatic hydroxyl groups excluding tert-OH is 1. The molecule has 1 aliphatic heterocycles. The molecule has 1 fully saturated rings. The van der Waals surface area contributed by atoms with E-state index < -0.39 is 0 Å². The minimum absolute atomic E-state index is 0.0738. The molecule has 0 radical (unpaired) electrons. The van der Waals surface area contributed by atoms with E-state index in [2.05, 4.69) is 5.32 Å². The number of nitrogens with zero attached hydrogens (tertiary/aromatic N) is 1. The molecular formula is C20H25ClN2O3S. The number of carbonyl (C=O) groups excluding carboxylic acids is 1. The van der Waals surface area contributed by atoms with Crippen LogP contribution in [0.1, 0.15) is 35.7 Å². The first kappa shape index (κ1) is 20.0. The van der Waals surface area contributed by atoms with Crippen LogP contribution in [-0.4, -0.2) is 42.7 Å². The first-order chi connectivity index (χ1) is 13.1. The lowest BCUT2D eigenvalue weighted by Gasteiger charge is -2.35. The van der Waals surface area contributed by atoms with E-state index in [0.29, 0.717) is 12.2 Å². The minimum Gasteiger partial charge on any atom is -0.497 e. The zero-order valence-corrected chi connectivity index (χ0v) is 17.0. The molecule has 5 nitrogen and oxygen atoms in total. The van der Waals surface area contributed by atoms with Gasteiger partial charge in [-0.05, 0) is 55.5 Å². The van der Waals surface area contributed by atoms with Crippen LogP contribution in [0.5, 0.6) is 5.75 Å². The van der Waals surface area contributed by atoms with Crippen molar-refractivity contribution < 1.29 is 14.6 Å². The average molecular weight is 409 g/mol. The Balaban J connectivity index is 1.68. The lowest BCUT2D eigenvalue weighted by molar-refractivity contribution is -0.133. The van der Waals surface area contributed by atoms with E-state index >= 15 is 0 Å². The maximum absolute atomic E-state index is 12.9. The zero-order chi connectivity index (χ0) is 19.2. The van der Waals surface area contributed by atoms with Crippen molar-refractivity contribution in [1.29, 1.82) is 0 Å². The highest BCUT2D eigenvalue weighted by molar-refractivity contribution is 7.16. The van der Waals surface area contributed by atoms with Crippen LogP contribution in [0.3, 0.4) is 0 Å². The molecule has 0 spiro atoms. The van der Waals surface area contributed by atoms with Crippen LogP contribution in [-0.2, 0) is 11.2 Å². The van der Waals surface area contributed by atoms with Gasteiger partial charge in [0, 0.05) is 29.8 Å². The highest BCUT2D eigenvalue weighted by Crippen LogP contribution is 2.36. The third kappa shape index (κ3) is 5.15. The normalized spacial score (nSPS) is 17.0. The standard InChI is InChI=1S/C20H25ClN2O3S/c1-26-16-11-14(7-9-24)10-15(12-16)22-13-20(25)23-8-3-2-4-17(23)18-5-6-19(21)27-18/h5-6,10-12,17,22,24H,2-4,7-9,13H2,1H3. The van der Waals surface area contributed by atoms with Crippen LogP contribution in [0.4, 0.5) is 5.69 Å². The number of piperidine rings is 1. The van der Waals surface area contributed by atoms with Gasteiger partial charge in [0.1, 0.15) is 5.75 Å². The summed E-state index contributed by atoms with van der Waals surface area (Å²) in [5, 5.41) is 12.4. The zero-order valence-electron chi connectivity index (χ0n) is 15.4. The molecule has 2 N–H and O–H groups in total. The second-order valence-corrected chi connectivity index (χ2v) is 8.38. The van der Waals surface area contributed by atoms with Crippen molar-refractivity contribution in [2.45, 2.75) is 31.7 Å². The van der Waals surface area contributed by atoms with Gasteiger partial charge in [0.2, 0.25) is 5.91 Å². The molecule has 1 atom stereocenters. The molecular weight excluding hydrogens is 384 g/mol. The number of nitrogens with one attached hydrogen (secondary N) is 1. The summed E-state index contributed by atoms with van der Waals surface area (Å²) in [4.78, 5) is 16.0. The van der Waals surface area contributed by atoms with Gasteiger partial charge >= 0.3 is 0 Å². The fourth-order valence-corrected chi connectivity index (χ4v) is 4.68. The third-order valence-corrected chi connectivity index (χ3v) is 6.12. The molecule has 1 aliphatic rings. The van der Waals surface area contributed by atoms with Crippen molar-refractivity contribution >= 4 is 34.5 Å². The van der Waals surface area contributed by atoms with Crippen LogP contribution in [0.15, 0.2) is 30.3 Å². The van der Waals surface area contributed by atoms with Gasteiger partial charge in [0.05, 0.1) is 24.0 Å². The summed E-state index contributed by atoms with van der Waals surface area (Å²) in [6.07, 6.45) is 3.68. The summed E-state index contributed by atoms with van der Waals surface area (Å²) in [6.45, 7) is 1.07. The highest BCUT2D eigenvalue weighted by Gasteiger charge is 2.28. The predicted octanol–water partition coefficient (Wildman–Crippen LogP) is 4.11. The number of aliphatic hydroxyl groups is 1. The van der Waals surface area contributed by atoms with Gasteiger partial charge in [0.15, 0.2) is 0 Å². The first-order valence-electron chi connectivity index (χ1n) is 9.18. The maximum Gasteiger partial charge on any atom is 0.242 e. The van der Waals surface area contributed by atoms with Crippen LogP contribution in [0.2, 0.25) is 4.34 Å². The molecule has 1 unspecified atom stereocenters. The molecule has 1 aromatic carbocycles. The Kier molecular flexibility index (Phi) is 6.99. The number of thiophene rings is 1. The molecule has 1 saturated heterocycles. The SMILES string of the molecule is COc1cc(CCO)cc(NCC(=O)N2CCCCC2c2ccc(Cl)s2)c1. The molecule has 7 heteroatoms. The molecule has 27 heavy (non-hydrogen) atoms. The number of hydrogen-bond acceptors (Lipinski definition) is 5. The number of methoxy groups -OCH3 is 1. The van der Waals surface area contributed by atoms with Crippen molar-refractivity contribution in [3.05, 3.63) is 45.1 Å². The second kappa shape index (κ2) is 9.44. The number of hydrogen-bond donors (Lipinski definition) is 2. The van der Waals surface area contributed by atoms with E-state index in [-0.39, 0.29) is 25.1 Å². The van der Waals surface area contributed by atoms with Crippen molar-refractivity contribution in [1.82, 2.24) is 4.90 Å². The Morgan fingerprint density at radius 2 is 2.22 bits per heavy atom. The van der Waals surface area contributed by atoms with Gasteiger partial charge in [-0.2, -0.15) is 0 Å². The highest BCUT2D eigenvalue weighted by atomic mass is 35.5. The number of benzene rings is 1. The van der Waals surface area contributed by atoms with Gasteiger partial charge in [0.25, 0.3) is 0 Å². The fourth-order valence-electron chi connectivity index (χ4n) is 3.47. The van der Waals surface area contributed by atoms with Crippen LogP contribution >= 0.6 is 22.9 Å². The summed E-state index contributed by atoms with van der Waals surface area (Å²) < 4.78 is 6.07. The van der Waals surface area contributed by atoms with E-state index in [1.54, 1.807) is 18.4 Å². The van der Waals surface area contributed by atoms with Crippen molar-refractivity contribution in [2.75, 3.05) is 32.1 Å². The van der Waals surface area contributed by atoms with Gasteiger partial charge in [-0.3, -0.25) is 4.79 Å². The van der Waals surface area contributed by atoms with E-state index in [4.69, 9.17) is 16.3 Å². The molecule has 1 aromatic heterocycles. The summed E-state index contributed by atoms with van der Waals surface area (Å²) in [5.74, 6) is 0.788. The number of amides is 1. The van der Waals surface area contributed by atoms with Crippen LogP contribution in [0.25, 0.3) is 0 Å². The van der Waals surface area contributed by atoms with Gasteiger partial charge < -0.3 is 20.1 Å². The first-order valence-corrected chi connectivity index (χ1v) is 10.4. The molecule has 0 aliphatic carbocycles. The van der Waals surface area contributed by atoms with Crippen molar-refractivity contribution in [3.63, 3.8) is 0 Å².